The van der Waals surface area contributed by atoms with Crippen LogP contribution in [0, 0.1) is 0 Å². The van der Waals surface area contributed by atoms with Crippen molar-refractivity contribution in [2.24, 2.45) is 5.73 Å². The maximum Gasteiger partial charge on any atom is 0.262 e. The molecule has 0 saturated carbocycles. The third-order valence-electron chi connectivity index (χ3n) is 4.37. The molecule has 0 fully saturated rings. The molecule has 1 heterocycles. The van der Waals surface area contributed by atoms with E-state index in [1.807, 2.05) is 24.3 Å². The zero-order valence-electron chi connectivity index (χ0n) is 11.3. The lowest BCUT2D eigenvalue weighted by molar-refractivity contribution is 0.0579. The smallest absolute Gasteiger partial charge is 0.262 e. The standard InChI is InChI=1S/C17H14N2O2/c18-14-9-15(11-6-2-1-5-10(11)14)19-16(20)12-7-3-4-8-13(12)17(19)21/h1-8,14-15H,9,18H2/t14-,15+/m0/s1. The lowest BCUT2D eigenvalue weighted by atomic mass is 10.1. The Morgan fingerprint density at radius 3 is 2.00 bits per heavy atom. The molecule has 2 aliphatic rings. The first-order chi connectivity index (χ1) is 10.2. The monoisotopic (exact) mass is 278 g/mol. The molecule has 2 amide bonds. The third kappa shape index (κ3) is 1.59. The Balaban J connectivity index is 1.80. The highest BCUT2D eigenvalue weighted by Crippen LogP contribution is 2.43. The van der Waals surface area contributed by atoms with Gasteiger partial charge in [0, 0.05) is 6.04 Å². The van der Waals surface area contributed by atoms with E-state index < -0.39 is 0 Å². The molecule has 104 valence electrons. The van der Waals surface area contributed by atoms with E-state index in [0.29, 0.717) is 17.5 Å². The molecular formula is C17H14N2O2. The summed E-state index contributed by atoms with van der Waals surface area (Å²) in [6, 6.07) is 14.4. The average molecular weight is 278 g/mol. The number of nitrogens with zero attached hydrogens (tertiary/aromatic N) is 1. The number of nitrogens with two attached hydrogens (primary N) is 1. The molecule has 4 nitrogen and oxygen atoms in total. The van der Waals surface area contributed by atoms with Crippen molar-refractivity contribution in [2.75, 3.05) is 0 Å². The molecule has 4 heteroatoms. The van der Waals surface area contributed by atoms with E-state index in [0.717, 1.165) is 11.1 Å². The van der Waals surface area contributed by atoms with Gasteiger partial charge in [-0.2, -0.15) is 0 Å². The lowest BCUT2D eigenvalue weighted by Crippen LogP contribution is -2.33. The number of benzene rings is 2. The maximum atomic E-state index is 12.6. The van der Waals surface area contributed by atoms with Gasteiger partial charge in [-0.3, -0.25) is 14.5 Å². The molecule has 2 atom stereocenters. The molecular weight excluding hydrogens is 264 g/mol. The Hall–Kier alpha value is -2.46. The number of rotatable bonds is 1. The second-order valence-electron chi connectivity index (χ2n) is 5.51. The van der Waals surface area contributed by atoms with Crippen LogP contribution in [0.25, 0.3) is 0 Å². The quantitative estimate of drug-likeness (QED) is 0.815. The van der Waals surface area contributed by atoms with E-state index >= 15 is 0 Å². The fourth-order valence-electron chi connectivity index (χ4n) is 3.38. The highest BCUT2D eigenvalue weighted by molar-refractivity contribution is 6.21. The van der Waals surface area contributed by atoms with Crippen molar-refractivity contribution < 1.29 is 9.59 Å². The number of amides is 2. The molecule has 2 N–H and O–H groups in total. The van der Waals surface area contributed by atoms with Crippen molar-refractivity contribution in [1.29, 1.82) is 0 Å². The van der Waals surface area contributed by atoms with Gasteiger partial charge in [0.2, 0.25) is 0 Å². The van der Waals surface area contributed by atoms with Crippen LogP contribution in [0.4, 0.5) is 0 Å². The zero-order valence-corrected chi connectivity index (χ0v) is 11.3. The van der Waals surface area contributed by atoms with E-state index in [2.05, 4.69) is 0 Å². The topological polar surface area (TPSA) is 63.4 Å². The van der Waals surface area contributed by atoms with Gasteiger partial charge in [-0.05, 0) is 29.7 Å². The summed E-state index contributed by atoms with van der Waals surface area (Å²) in [5.74, 6) is -0.436. The molecule has 21 heavy (non-hydrogen) atoms. The summed E-state index contributed by atoms with van der Waals surface area (Å²) in [5.41, 5.74) is 9.14. The number of carbonyl (C=O) groups is 2. The van der Waals surface area contributed by atoms with Gasteiger partial charge in [0.1, 0.15) is 0 Å². The van der Waals surface area contributed by atoms with Crippen LogP contribution in [0.15, 0.2) is 48.5 Å². The van der Waals surface area contributed by atoms with Crippen molar-refractivity contribution in [3.05, 3.63) is 70.8 Å². The molecule has 0 bridgehead atoms. The van der Waals surface area contributed by atoms with Crippen molar-refractivity contribution in [3.8, 4) is 0 Å². The van der Waals surface area contributed by atoms with Gasteiger partial charge >= 0.3 is 0 Å². The zero-order chi connectivity index (χ0) is 14.6. The van der Waals surface area contributed by atoms with E-state index in [1.54, 1.807) is 24.3 Å². The predicted octanol–water partition coefficient (Wildman–Crippen LogP) is 2.43. The van der Waals surface area contributed by atoms with Gasteiger partial charge in [0.15, 0.2) is 0 Å². The minimum absolute atomic E-state index is 0.129. The van der Waals surface area contributed by atoms with Crippen LogP contribution in [0.5, 0.6) is 0 Å². The van der Waals surface area contributed by atoms with E-state index in [4.69, 9.17) is 5.73 Å². The van der Waals surface area contributed by atoms with Crippen LogP contribution in [0.3, 0.4) is 0 Å². The predicted molar refractivity (Wildman–Crippen MR) is 77.7 cm³/mol. The van der Waals surface area contributed by atoms with Crippen LogP contribution in [-0.2, 0) is 0 Å². The van der Waals surface area contributed by atoms with E-state index in [9.17, 15) is 9.59 Å². The molecule has 1 aliphatic carbocycles. The molecule has 0 radical (unpaired) electrons. The van der Waals surface area contributed by atoms with Crippen molar-refractivity contribution in [2.45, 2.75) is 18.5 Å². The van der Waals surface area contributed by atoms with E-state index in [-0.39, 0.29) is 23.9 Å². The fourth-order valence-corrected chi connectivity index (χ4v) is 3.38. The summed E-state index contributed by atoms with van der Waals surface area (Å²) < 4.78 is 0. The first-order valence-corrected chi connectivity index (χ1v) is 7.00. The third-order valence-corrected chi connectivity index (χ3v) is 4.37. The molecule has 2 aromatic carbocycles. The Kier molecular flexibility index (Phi) is 2.50. The first-order valence-electron chi connectivity index (χ1n) is 7.00. The van der Waals surface area contributed by atoms with Crippen LogP contribution >= 0.6 is 0 Å². The van der Waals surface area contributed by atoms with Gasteiger partial charge in [0.05, 0.1) is 17.2 Å². The normalized spacial score (nSPS) is 23.4. The van der Waals surface area contributed by atoms with Gasteiger partial charge < -0.3 is 5.73 Å². The van der Waals surface area contributed by atoms with Gasteiger partial charge in [-0.15, -0.1) is 0 Å². The minimum atomic E-state index is -0.261. The van der Waals surface area contributed by atoms with Crippen molar-refractivity contribution in [3.63, 3.8) is 0 Å². The summed E-state index contributed by atoms with van der Waals surface area (Å²) in [7, 11) is 0. The summed E-state index contributed by atoms with van der Waals surface area (Å²) in [4.78, 5) is 26.5. The largest absolute Gasteiger partial charge is 0.324 e. The van der Waals surface area contributed by atoms with Crippen molar-refractivity contribution >= 4 is 11.8 Å². The van der Waals surface area contributed by atoms with E-state index in [1.165, 1.54) is 4.90 Å². The highest BCUT2D eigenvalue weighted by Gasteiger charge is 2.43. The SMILES string of the molecule is N[C@H]1C[C@@H](N2C(=O)c3ccccc3C2=O)c2ccccc21. The fraction of sp³-hybridized carbons (Fsp3) is 0.176. The minimum Gasteiger partial charge on any atom is -0.324 e. The summed E-state index contributed by atoms with van der Waals surface area (Å²) in [5, 5.41) is 0. The number of imide groups is 1. The van der Waals surface area contributed by atoms with Crippen LogP contribution in [0.1, 0.15) is 50.3 Å². The van der Waals surface area contributed by atoms with Crippen LogP contribution in [0.2, 0.25) is 0 Å². The molecule has 4 rings (SSSR count). The maximum absolute atomic E-state index is 12.6. The summed E-state index contributed by atoms with van der Waals surface area (Å²) in [6.07, 6.45) is 0.588. The van der Waals surface area contributed by atoms with Crippen molar-refractivity contribution in [1.82, 2.24) is 4.90 Å². The Morgan fingerprint density at radius 1 is 0.857 bits per heavy atom. The first kappa shape index (κ1) is 12.3. The highest BCUT2D eigenvalue weighted by atomic mass is 16.2. The summed E-state index contributed by atoms with van der Waals surface area (Å²) >= 11 is 0. The number of fused-ring (bicyclic) bond motifs is 2. The Morgan fingerprint density at radius 2 is 1.38 bits per heavy atom. The average Bonchev–Trinajstić information content (AvgIpc) is 2.96. The lowest BCUT2D eigenvalue weighted by Gasteiger charge is -2.23. The Bertz CT molecular complexity index is 734. The van der Waals surface area contributed by atoms with Gasteiger partial charge in [-0.25, -0.2) is 0 Å². The molecule has 0 spiro atoms. The molecule has 0 unspecified atom stereocenters. The Labute approximate surface area is 122 Å². The number of hydrogen-bond donors (Lipinski definition) is 1. The molecule has 0 aromatic heterocycles. The van der Waals surface area contributed by atoms with Crippen LogP contribution < -0.4 is 5.73 Å². The number of carbonyl (C=O) groups excluding carboxylic acids is 2. The summed E-state index contributed by atoms with van der Waals surface area (Å²) in [6.45, 7) is 0. The molecule has 0 saturated heterocycles. The van der Waals surface area contributed by atoms with Crippen LogP contribution in [-0.4, -0.2) is 16.7 Å². The molecule has 2 aromatic rings. The second kappa shape index (κ2) is 4.27. The van der Waals surface area contributed by atoms with Gasteiger partial charge in [-0.1, -0.05) is 36.4 Å². The van der Waals surface area contributed by atoms with Gasteiger partial charge in [0.25, 0.3) is 11.8 Å². The second-order valence-corrected chi connectivity index (χ2v) is 5.51. The molecule has 1 aliphatic heterocycles. The number of hydrogen-bond acceptors (Lipinski definition) is 3.